The van der Waals surface area contributed by atoms with Crippen LogP contribution in [-0.4, -0.2) is 36.5 Å². The largest absolute Gasteiger partial charge is 0.486 e. The SMILES string of the molecule is O=C(OCC(=O)N1CCCC1)c1ccc(COc2ccccc2)o1. The lowest BCUT2D eigenvalue weighted by atomic mass is 10.3. The highest BCUT2D eigenvalue weighted by Crippen LogP contribution is 2.15. The Labute approximate surface area is 140 Å². The Balaban J connectivity index is 1.47. The third kappa shape index (κ3) is 4.16. The number of hydrogen-bond acceptors (Lipinski definition) is 5. The second-order valence-electron chi connectivity index (χ2n) is 5.53. The molecule has 0 atom stereocenters. The molecule has 24 heavy (non-hydrogen) atoms. The van der Waals surface area contributed by atoms with Gasteiger partial charge in [0, 0.05) is 13.1 Å². The summed E-state index contributed by atoms with van der Waals surface area (Å²) in [6.45, 7) is 1.43. The maximum Gasteiger partial charge on any atom is 0.374 e. The lowest BCUT2D eigenvalue weighted by Gasteiger charge is -2.14. The Morgan fingerprint density at radius 3 is 2.54 bits per heavy atom. The second-order valence-corrected chi connectivity index (χ2v) is 5.53. The summed E-state index contributed by atoms with van der Waals surface area (Å²) < 4.78 is 16.0. The number of ether oxygens (including phenoxy) is 2. The molecule has 3 rings (SSSR count). The Hall–Kier alpha value is -2.76. The van der Waals surface area contributed by atoms with E-state index in [0.29, 0.717) is 11.5 Å². The summed E-state index contributed by atoms with van der Waals surface area (Å²) in [6.07, 6.45) is 2.01. The molecule has 6 heteroatoms. The van der Waals surface area contributed by atoms with Crippen molar-refractivity contribution in [3.05, 3.63) is 54.0 Å². The van der Waals surface area contributed by atoms with Gasteiger partial charge in [-0.05, 0) is 37.1 Å². The van der Waals surface area contributed by atoms with Crippen LogP contribution >= 0.6 is 0 Å². The van der Waals surface area contributed by atoms with Crippen LogP contribution in [-0.2, 0) is 16.1 Å². The number of furan rings is 1. The minimum atomic E-state index is -0.645. The number of likely N-dealkylation sites (tertiary alicyclic amines) is 1. The number of carbonyl (C=O) groups excluding carboxylic acids is 2. The van der Waals surface area contributed by atoms with E-state index in [9.17, 15) is 9.59 Å². The molecular formula is C18H19NO5. The van der Waals surface area contributed by atoms with Gasteiger partial charge < -0.3 is 18.8 Å². The Bertz CT molecular complexity index is 688. The zero-order valence-electron chi connectivity index (χ0n) is 13.3. The molecule has 0 unspecified atom stereocenters. The van der Waals surface area contributed by atoms with Gasteiger partial charge in [-0.25, -0.2) is 4.79 Å². The summed E-state index contributed by atoms with van der Waals surface area (Å²) in [5.74, 6) is 0.482. The average molecular weight is 329 g/mol. The molecule has 0 aliphatic carbocycles. The molecule has 1 amide bonds. The number of amides is 1. The van der Waals surface area contributed by atoms with Crippen LogP contribution in [0.1, 0.15) is 29.2 Å². The lowest BCUT2D eigenvalue weighted by Crippen LogP contribution is -2.32. The van der Waals surface area contributed by atoms with Crippen LogP contribution in [0.2, 0.25) is 0 Å². The standard InChI is InChI=1S/C18H19NO5/c20-17(19-10-4-5-11-19)13-23-18(21)16-9-8-15(24-16)12-22-14-6-2-1-3-7-14/h1-3,6-9H,4-5,10-13H2. The molecule has 1 aliphatic rings. The van der Waals surface area contributed by atoms with Crippen molar-refractivity contribution in [2.24, 2.45) is 0 Å². The van der Waals surface area contributed by atoms with Gasteiger partial charge in [0.05, 0.1) is 0 Å². The fourth-order valence-corrected chi connectivity index (χ4v) is 2.49. The van der Waals surface area contributed by atoms with Crippen molar-refractivity contribution in [2.45, 2.75) is 19.4 Å². The van der Waals surface area contributed by atoms with Gasteiger partial charge in [0.25, 0.3) is 5.91 Å². The number of carbonyl (C=O) groups is 2. The van der Waals surface area contributed by atoms with E-state index in [4.69, 9.17) is 13.9 Å². The van der Waals surface area contributed by atoms with Crippen molar-refractivity contribution in [1.82, 2.24) is 4.90 Å². The van der Waals surface area contributed by atoms with E-state index in [1.807, 2.05) is 30.3 Å². The van der Waals surface area contributed by atoms with Crippen molar-refractivity contribution >= 4 is 11.9 Å². The molecule has 2 heterocycles. The van der Waals surface area contributed by atoms with E-state index >= 15 is 0 Å². The number of hydrogen-bond donors (Lipinski definition) is 0. The van der Waals surface area contributed by atoms with Crippen molar-refractivity contribution in [2.75, 3.05) is 19.7 Å². The first-order chi connectivity index (χ1) is 11.7. The van der Waals surface area contributed by atoms with Gasteiger partial charge in [-0.15, -0.1) is 0 Å². The number of benzene rings is 1. The molecule has 0 bridgehead atoms. The van der Waals surface area contributed by atoms with Crippen molar-refractivity contribution in [3.63, 3.8) is 0 Å². The summed E-state index contributed by atoms with van der Waals surface area (Å²) in [6, 6.07) is 12.5. The maximum atomic E-state index is 11.9. The first kappa shape index (κ1) is 16.1. The zero-order chi connectivity index (χ0) is 16.8. The monoisotopic (exact) mass is 329 g/mol. The van der Waals surface area contributed by atoms with Crippen LogP contribution in [0, 0.1) is 0 Å². The fourth-order valence-electron chi connectivity index (χ4n) is 2.49. The second kappa shape index (κ2) is 7.68. The molecule has 0 radical (unpaired) electrons. The van der Waals surface area contributed by atoms with Crippen molar-refractivity contribution in [1.29, 1.82) is 0 Å². The lowest BCUT2D eigenvalue weighted by molar-refractivity contribution is -0.133. The molecule has 126 valence electrons. The summed E-state index contributed by atoms with van der Waals surface area (Å²) in [5, 5.41) is 0. The molecule has 6 nitrogen and oxygen atoms in total. The quantitative estimate of drug-likeness (QED) is 0.762. The van der Waals surface area contributed by atoms with Gasteiger partial charge in [-0.2, -0.15) is 0 Å². The number of para-hydroxylation sites is 1. The van der Waals surface area contributed by atoms with Crippen LogP contribution in [0.5, 0.6) is 5.75 Å². The molecular weight excluding hydrogens is 310 g/mol. The van der Waals surface area contributed by atoms with Gasteiger partial charge in [0.1, 0.15) is 18.1 Å². The van der Waals surface area contributed by atoms with E-state index in [1.54, 1.807) is 11.0 Å². The molecule has 2 aromatic rings. The number of esters is 1. The summed E-state index contributed by atoms with van der Waals surface area (Å²) >= 11 is 0. The van der Waals surface area contributed by atoms with E-state index in [-0.39, 0.29) is 24.9 Å². The van der Waals surface area contributed by atoms with Crippen molar-refractivity contribution in [3.8, 4) is 5.75 Å². The van der Waals surface area contributed by atoms with E-state index in [2.05, 4.69) is 0 Å². The predicted octanol–water partition coefficient (Wildman–Crippen LogP) is 2.64. The average Bonchev–Trinajstić information content (AvgIpc) is 3.30. The first-order valence-corrected chi connectivity index (χ1v) is 7.94. The fraction of sp³-hybridized carbons (Fsp3) is 0.333. The van der Waals surface area contributed by atoms with Gasteiger partial charge in [-0.3, -0.25) is 4.79 Å². The zero-order valence-corrected chi connectivity index (χ0v) is 13.3. The molecule has 0 N–H and O–H groups in total. The Morgan fingerprint density at radius 1 is 1.04 bits per heavy atom. The predicted molar refractivity (Wildman–Crippen MR) is 85.6 cm³/mol. The van der Waals surface area contributed by atoms with Crippen LogP contribution in [0.15, 0.2) is 46.9 Å². The third-order valence-corrected chi connectivity index (χ3v) is 3.77. The summed E-state index contributed by atoms with van der Waals surface area (Å²) in [4.78, 5) is 25.5. The molecule has 1 aromatic carbocycles. The molecule has 0 saturated carbocycles. The van der Waals surface area contributed by atoms with E-state index in [0.717, 1.165) is 25.9 Å². The molecule has 1 fully saturated rings. The highest BCUT2D eigenvalue weighted by atomic mass is 16.6. The number of rotatable bonds is 6. The third-order valence-electron chi connectivity index (χ3n) is 3.77. The van der Waals surface area contributed by atoms with Crippen LogP contribution in [0.4, 0.5) is 0 Å². The first-order valence-electron chi connectivity index (χ1n) is 7.94. The molecule has 1 aromatic heterocycles. The summed E-state index contributed by atoms with van der Waals surface area (Å²) in [5.41, 5.74) is 0. The summed E-state index contributed by atoms with van der Waals surface area (Å²) in [7, 11) is 0. The molecule has 1 aliphatic heterocycles. The van der Waals surface area contributed by atoms with E-state index < -0.39 is 5.97 Å². The van der Waals surface area contributed by atoms with Gasteiger partial charge in [0.2, 0.25) is 5.76 Å². The van der Waals surface area contributed by atoms with Crippen LogP contribution in [0.3, 0.4) is 0 Å². The normalized spacial score (nSPS) is 13.8. The smallest absolute Gasteiger partial charge is 0.374 e. The maximum absolute atomic E-state index is 11.9. The topological polar surface area (TPSA) is 69.0 Å². The minimum Gasteiger partial charge on any atom is -0.486 e. The van der Waals surface area contributed by atoms with Gasteiger partial charge in [0.15, 0.2) is 6.61 Å². The highest BCUT2D eigenvalue weighted by Gasteiger charge is 2.20. The van der Waals surface area contributed by atoms with Gasteiger partial charge >= 0.3 is 5.97 Å². The van der Waals surface area contributed by atoms with Crippen molar-refractivity contribution < 1.29 is 23.5 Å². The Kier molecular flexibility index (Phi) is 5.15. The molecule has 1 saturated heterocycles. The Morgan fingerprint density at radius 2 is 1.79 bits per heavy atom. The number of nitrogens with zero attached hydrogens (tertiary/aromatic N) is 1. The minimum absolute atomic E-state index is 0.0656. The van der Waals surface area contributed by atoms with Gasteiger partial charge in [-0.1, -0.05) is 18.2 Å². The molecule has 0 spiro atoms. The van der Waals surface area contributed by atoms with E-state index in [1.165, 1.54) is 6.07 Å². The van der Waals surface area contributed by atoms with Crippen LogP contribution in [0.25, 0.3) is 0 Å². The highest BCUT2D eigenvalue weighted by molar-refractivity contribution is 5.88. The van der Waals surface area contributed by atoms with Crippen LogP contribution < -0.4 is 4.74 Å².